The topological polar surface area (TPSA) is 42.7 Å². The van der Waals surface area contributed by atoms with E-state index in [0.29, 0.717) is 5.92 Å². The molecule has 1 N–H and O–H groups in total. The van der Waals surface area contributed by atoms with Crippen LogP contribution >= 0.6 is 11.8 Å². The maximum atomic E-state index is 4.24. The van der Waals surface area contributed by atoms with Crippen molar-refractivity contribution in [2.45, 2.75) is 31.0 Å². The summed E-state index contributed by atoms with van der Waals surface area (Å²) in [7, 11) is 1.93. The van der Waals surface area contributed by atoms with Crippen LogP contribution in [0.5, 0.6) is 0 Å². The highest BCUT2D eigenvalue weighted by Gasteiger charge is 2.03. The molecule has 0 saturated carbocycles. The van der Waals surface area contributed by atoms with Crippen LogP contribution in [0, 0.1) is 5.92 Å². The summed E-state index contributed by atoms with van der Waals surface area (Å²) >= 11 is 1.80. The minimum Gasteiger partial charge on any atom is -0.312 e. The number of hydrogen-bond acceptors (Lipinski definition) is 4. The molecule has 0 unspecified atom stereocenters. The smallest absolute Gasteiger partial charge is 0.138 e. The molecule has 5 heteroatoms. The zero-order chi connectivity index (χ0) is 14.4. The molecule has 1 aromatic heterocycles. The molecule has 0 aliphatic carbocycles. The highest BCUT2D eigenvalue weighted by Crippen LogP contribution is 2.22. The van der Waals surface area contributed by atoms with Gasteiger partial charge in [-0.1, -0.05) is 26.0 Å². The number of hydrogen-bond donors (Lipinski definition) is 1. The van der Waals surface area contributed by atoms with Crippen molar-refractivity contribution in [3.05, 3.63) is 42.0 Å². The maximum absolute atomic E-state index is 4.24. The fourth-order valence-corrected chi connectivity index (χ4v) is 2.82. The highest BCUT2D eigenvalue weighted by molar-refractivity contribution is 7.98. The van der Waals surface area contributed by atoms with Gasteiger partial charge >= 0.3 is 0 Å². The van der Waals surface area contributed by atoms with Crippen LogP contribution in [-0.4, -0.2) is 21.3 Å². The standard InChI is InChI=1S/C15H22N4S/c1-12(2)8-16-9-13-5-4-6-14(7-13)20-10-15-17-11-18-19(15)3/h4-7,11-12,16H,8-10H2,1-3H3. The number of aromatic nitrogens is 3. The summed E-state index contributed by atoms with van der Waals surface area (Å²) in [5.74, 6) is 2.53. The summed E-state index contributed by atoms with van der Waals surface area (Å²) in [6.07, 6.45) is 1.60. The van der Waals surface area contributed by atoms with Crippen LogP contribution in [0.1, 0.15) is 25.2 Å². The molecule has 20 heavy (non-hydrogen) atoms. The van der Waals surface area contributed by atoms with Crippen LogP contribution in [0.15, 0.2) is 35.5 Å². The first-order chi connectivity index (χ1) is 9.65. The lowest BCUT2D eigenvalue weighted by Crippen LogP contribution is -2.18. The van der Waals surface area contributed by atoms with Gasteiger partial charge in [0.1, 0.15) is 12.2 Å². The third-order valence-corrected chi connectivity index (χ3v) is 3.94. The van der Waals surface area contributed by atoms with Gasteiger partial charge in [0.05, 0.1) is 5.75 Å². The zero-order valence-electron chi connectivity index (χ0n) is 12.3. The summed E-state index contributed by atoms with van der Waals surface area (Å²) in [5.41, 5.74) is 1.33. The Morgan fingerprint density at radius 1 is 1.35 bits per heavy atom. The second-order valence-electron chi connectivity index (χ2n) is 5.26. The average Bonchev–Trinajstić information content (AvgIpc) is 2.82. The van der Waals surface area contributed by atoms with E-state index in [9.17, 15) is 0 Å². The predicted molar refractivity (Wildman–Crippen MR) is 83.6 cm³/mol. The lowest BCUT2D eigenvalue weighted by molar-refractivity contribution is 0.552. The molecule has 4 nitrogen and oxygen atoms in total. The molecule has 0 spiro atoms. The summed E-state index contributed by atoms with van der Waals surface area (Å²) in [6, 6.07) is 8.67. The normalized spacial score (nSPS) is 11.2. The molecule has 0 fully saturated rings. The van der Waals surface area contributed by atoms with Crippen LogP contribution in [0.2, 0.25) is 0 Å². The Kier molecular flexibility index (Phi) is 5.61. The van der Waals surface area contributed by atoms with Gasteiger partial charge in [-0.05, 0) is 30.2 Å². The number of thioether (sulfide) groups is 1. The van der Waals surface area contributed by atoms with Crippen molar-refractivity contribution in [3.8, 4) is 0 Å². The van der Waals surface area contributed by atoms with Crippen molar-refractivity contribution in [3.63, 3.8) is 0 Å². The van der Waals surface area contributed by atoms with Gasteiger partial charge in [0.2, 0.25) is 0 Å². The van der Waals surface area contributed by atoms with E-state index in [1.165, 1.54) is 10.5 Å². The Morgan fingerprint density at radius 3 is 2.90 bits per heavy atom. The molecule has 0 saturated heterocycles. The molecular formula is C15H22N4S. The molecule has 2 rings (SSSR count). The van der Waals surface area contributed by atoms with Gasteiger partial charge in [-0.2, -0.15) is 5.10 Å². The van der Waals surface area contributed by atoms with Gasteiger partial charge in [0.15, 0.2) is 0 Å². The van der Waals surface area contributed by atoms with Crippen molar-refractivity contribution in [2.75, 3.05) is 6.54 Å². The fourth-order valence-electron chi connectivity index (χ4n) is 1.85. The first-order valence-corrected chi connectivity index (χ1v) is 7.89. The molecule has 0 amide bonds. The van der Waals surface area contributed by atoms with Crippen LogP contribution in [-0.2, 0) is 19.3 Å². The van der Waals surface area contributed by atoms with Gasteiger partial charge in [-0.15, -0.1) is 11.8 Å². The SMILES string of the molecule is CC(C)CNCc1cccc(SCc2ncnn2C)c1. The molecule has 1 heterocycles. The summed E-state index contributed by atoms with van der Waals surface area (Å²) in [6.45, 7) is 6.42. The zero-order valence-corrected chi connectivity index (χ0v) is 13.2. The third kappa shape index (κ3) is 4.65. The van der Waals surface area contributed by atoms with Gasteiger partial charge in [0.25, 0.3) is 0 Å². The molecule has 0 aliphatic heterocycles. The molecule has 108 valence electrons. The monoisotopic (exact) mass is 290 g/mol. The average molecular weight is 290 g/mol. The third-order valence-electron chi connectivity index (χ3n) is 2.95. The van der Waals surface area contributed by atoms with Crippen molar-refractivity contribution in [1.29, 1.82) is 0 Å². The Labute approximate surface area is 125 Å². The highest BCUT2D eigenvalue weighted by atomic mass is 32.2. The van der Waals surface area contributed by atoms with E-state index in [1.807, 2.05) is 11.7 Å². The molecule has 0 atom stereocenters. The van der Waals surface area contributed by atoms with Crippen molar-refractivity contribution >= 4 is 11.8 Å². The Morgan fingerprint density at radius 2 is 2.20 bits per heavy atom. The quantitative estimate of drug-likeness (QED) is 0.796. The molecule has 0 aliphatic rings. The van der Waals surface area contributed by atoms with Crippen molar-refractivity contribution in [1.82, 2.24) is 20.1 Å². The largest absolute Gasteiger partial charge is 0.312 e. The summed E-state index contributed by atoms with van der Waals surface area (Å²) in [4.78, 5) is 5.52. The number of aryl methyl sites for hydroxylation is 1. The number of nitrogens with one attached hydrogen (secondary N) is 1. The van der Waals surface area contributed by atoms with E-state index in [1.54, 1.807) is 18.1 Å². The summed E-state index contributed by atoms with van der Waals surface area (Å²) < 4.78 is 1.82. The van der Waals surface area contributed by atoms with E-state index in [2.05, 4.69) is 53.5 Å². The van der Waals surface area contributed by atoms with Crippen LogP contribution < -0.4 is 5.32 Å². The molecule has 2 aromatic rings. The van der Waals surface area contributed by atoms with Gasteiger partial charge in [0, 0.05) is 18.5 Å². The van der Waals surface area contributed by atoms with E-state index < -0.39 is 0 Å². The van der Waals surface area contributed by atoms with Crippen LogP contribution in [0.4, 0.5) is 0 Å². The second kappa shape index (κ2) is 7.45. The molecule has 0 bridgehead atoms. The lowest BCUT2D eigenvalue weighted by Gasteiger charge is -2.08. The Bertz CT molecular complexity index is 536. The minimum atomic E-state index is 0.684. The molecule has 0 radical (unpaired) electrons. The first-order valence-electron chi connectivity index (χ1n) is 6.90. The predicted octanol–water partition coefficient (Wildman–Crippen LogP) is 2.85. The van der Waals surface area contributed by atoms with Crippen LogP contribution in [0.25, 0.3) is 0 Å². The van der Waals surface area contributed by atoms with Crippen LogP contribution in [0.3, 0.4) is 0 Å². The van der Waals surface area contributed by atoms with Crippen molar-refractivity contribution < 1.29 is 0 Å². The second-order valence-corrected chi connectivity index (χ2v) is 6.31. The molecule has 1 aromatic carbocycles. The van der Waals surface area contributed by atoms with E-state index in [-0.39, 0.29) is 0 Å². The Hall–Kier alpha value is -1.33. The number of benzene rings is 1. The summed E-state index contributed by atoms with van der Waals surface area (Å²) in [5, 5.41) is 7.56. The minimum absolute atomic E-state index is 0.684. The lowest BCUT2D eigenvalue weighted by atomic mass is 10.2. The Balaban J connectivity index is 1.87. The number of nitrogens with zero attached hydrogens (tertiary/aromatic N) is 3. The van der Waals surface area contributed by atoms with E-state index in [0.717, 1.165) is 24.7 Å². The van der Waals surface area contributed by atoms with E-state index >= 15 is 0 Å². The maximum Gasteiger partial charge on any atom is 0.138 e. The van der Waals surface area contributed by atoms with Gasteiger partial charge in [-0.3, -0.25) is 4.68 Å². The van der Waals surface area contributed by atoms with Gasteiger partial charge in [-0.25, -0.2) is 4.98 Å². The molecular weight excluding hydrogens is 268 g/mol. The van der Waals surface area contributed by atoms with Crippen molar-refractivity contribution in [2.24, 2.45) is 13.0 Å². The first kappa shape index (κ1) is 15.1. The fraction of sp³-hybridized carbons (Fsp3) is 0.467. The van der Waals surface area contributed by atoms with Gasteiger partial charge < -0.3 is 5.32 Å². The number of rotatable bonds is 7. The van der Waals surface area contributed by atoms with E-state index in [4.69, 9.17) is 0 Å².